The van der Waals surface area contributed by atoms with Crippen LogP contribution in [0, 0.1) is 0 Å². The van der Waals surface area contributed by atoms with Crippen molar-refractivity contribution in [2.75, 3.05) is 0 Å². The van der Waals surface area contributed by atoms with Gasteiger partial charge in [0.15, 0.2) is 0 Å². The van der Waals surface area contributed by atoms with Crippen molar-refractivity contribution in [3.63, 3.8) is 0 Å². The monoisotopic (exact) mass is 229 g/mol. The number of aromatic amines is 1. The topological polar surface area (TPSA) is 116 Å². The summed E-state index contributed by atoms with van der Waals surface area (Å²) in [6.07, 6.45) is 1.54. The van der Waals surface area contributed by atoms with E-state index in [1.54, 1.807) is 6.20 Å². The molecule has 68 valence electrons. The minimum atomic E-state index is -4.67. The molecule has 0 unspecified atom stereocenters. The molecule has 11 heavy (non-hydrogen) atoms. The van der Waals surface area contributed by atoms with Crippen molar-refractivity contribution >= 4 is 15.0 Å². The van der Waals surface area contributed by atoms with Gasteiger partial charge in [-0.1, -0.05) is 0 Å². The van der Waals surface area contributed by atoms with Gasteiger partial charge < -0.3 is 0 Å². The van der Waals surface area contributed by atoms with Gasteiger partial charge in [0.25, 0.3) is 0 Å². The third-order valence-corrected chi connectivity index (χ3v) is 0.598. The predicted molar refractivity (Wildman–Crippen MR) is 30.2 cm³/mol. The van der Waals surface area contributed by atoms with Crippen LogP contribution in [0.2, 0.25) is 0 Å². The third kappa shape index (κ3) is 12.7. The van der Waals surface area contributed by atoms with Crippen molar-refractivity contribution in [2.24, 2.45) is 0 Å². The SMILES string of the molecule is O=S(=O)(O)O.[Cu][c]1c[nH]nn1. The van der Waals surface area contributed by atoms with E-state index in [4.69, 9.17) is 17.5 Å². The van der Waals surface area contributed by atoms with E-state index in [0.717, 1.165) is 0 Å². The van der Waals surface area contributed by atoms with Gasteiger partial charge in [-0.3, -0.25) is 9.11 Å². The zero-order valence-corrected chi connectivity index (χ0v) is 6.65. The molecule has 0 aromatic carbocycles. The molecule has 1 aromatic rings. The van der Waals surface area contributed by atoms with Gasteiger partial charge in [-0.15, -0.1) is 0 Å². The first-order valence-corrected chi connectivity index (χ1v) is 3.94. The molecule has 7 nitrogen and oxygen atoms in total. The Balaban J connectivity index is 0.000000187. The van der Waals surface area contributed by atoms with E-state index in [-0.39, 0.29) is 0 Å². The molecular formula is C2H4CuN3O4S. The Morgan fingerprint density at radius 2 is 2.00 bits per heavy atom. The molecule has 0 aliphatic heterocycles. The van der Waals surface area contributed by atoms with Gasteiger partial charge in [-0.25, -0.2) is 0 Å². The molecule has 0 saturated carbocycles. The Morgan fingerprint density at radius 3 is 2.09 bits per heavy atom. The first kappa shape index (κ1) is 10.5. The van der Waals surface area contributed by atoms with E-state index in [9.17, 15) is 0 Å². The molecule has 0 atom stereocenters. The number of nitrogens with zero attached hydrogens (tertiary/aromatic N) is 2. The van der Waals surface area contributed by atoms with Crippen molar-refractivity contribution < 1.29 is 33.5 Å². The van der Waals surface area contributed by atoms with Crippen LogP contribution in [0.15, 0.2) is 6.20 Å². The molecule has 1 heterocycles. The first-order chi connectivity index (χ1) is 4.89. The molecule has 0 spiro atoms. The van der Waals surface area contributed by atoms with E-state index in [2.05, 4.69) is 31.4 Å². The first-order valence-electron chi connectivity index (χ1n) is 2.07. The van der Waals surface area contributed by atoms with Crippen molar-refractivity contribution in [3.05, 3.63) is 6.20 Å². The van der Waals surface area contributed by atoms with Crippen LogP contribution in [0.1, 0.15) is 0 Å². The van der Waals surface area contributed by atoms with Crippen LogP contribution in [-0.4, -0.2) is 32.9 Å². The average molecular weight is 230 g/mol. The van der Waals surface area contributed by atoms with E-state index in [1.165, 1.54) is 0 Å². The second kappa shape index (κ2) is 4.42. The van der Waals surface area contributed by atoms with Gasteiger partial charge in [0, 0.05) is 0 Å². The Kier molecular flexibility index (Phi) is 4.23. The zero-order chi connectivity index (χ0) is 8.91. The van der Waals surface area contributed by atoms with Crippen LogP contribution in [0.3, 0.4) is 0 Å². The Bertz CT molecular complexity index is 272. The normalized spacial score (nSPS) is 10.2. The molecule has 0 amide bonds. The maximum atomic E-state index is 8.74. The van der Waals surface area contributed by atoms with Crippen LogP contribution in [0.25, 0.3) is 0 Å². The molecule has 0 aliphatic carbocycles. The van der Waals surface area contributed by atoms with E-state index < -0.39 is 10.4 Å². The maximum absolute atomic E-state index is 8.74. The van der Waals surface area contributed by atoms with Crippen LogP contribution in [-0.2, 0) is 26.4 Å². The molecule has 0 saturated heterocycles. The zero-order valence-electron chi connectivity index (χ0n) is 4.89. The van der Waals surface area contributed by atoms with Gasteiger partial charge in [0.05, 0.1) is 0 Å². The standard InChI is InChI=1S/C2H2N3.Cu.H2O4S/c1-2-4-5-3-1;;1-5(2,3)4/h1H,(H,3,4,5);;(H2,1,2,3,4). The van der Waals surface area contributed by atoms with Gasteiger partial charge in [0.2, 0.25) is 0 Å². The van der Waals surface area contributed by atoms with Gasteiger partial charge in [0.1, 0.15) is 0 Å². The number of hydrogen-bond donors (Lipinski definition) is 3. The minimum absolute atomic E-state index is 0.488. The summed E-state index contributed by atoms with van der Waals surface area (Å²) >= 11 is 4.67. The van der Waals surface area contributed by atoms with Crippen molar-refractivity contribution in [1.29, 1.82) is 0 Å². The molecule has 1 aromatic heterocycles. The predicted octanol–water partition coefficient (Wildman–Crippen LogP) is -1.68. The summed E-state index contributed by atoms with van der Waals surface area (Å²) in [5.41, 5.74) is 0. The average Bonchev–Trinajstić information content (AvgIpc) is 2.12. The van der Waals surface area contributed by atoms with Crippen LogP contribution in [0.4, 0.5) is 0 Å². The molecular weight excluding hydrogens is 226 g/mol. The van der Waals surface area contributed by atoms with E-state index in [1.807, 2.05) is 0 Å². The van der Waals surface area contributed by atoms with E-state index >= 15 is 0 Å². The van der Waals surface area contributed by atoms with Gasteiger partial charge in [-0.05, 0) is 0 Å². The number of hydrogen-bond acceptors (Lipinski definition) is 4. The second-order valence-electron chi connectivity index (χ2n) is 1.20. The fraction of sp³-hybridized carbons (Fsp3) is 0. The fourth-order valence-electron chi connectivity index (χ4n) is 0.179. The summed E-state index contributed by atoms with van der Waals surface area (Å²) in [7, 11) is -4.67. The Morgan fingerprint density at radius 1 is 1.55 bits per heavy atom. The summed E-state index contributed by atoms with van der Waals surface area (Å²) < 4.78 is 32.1. The van der Waals surface area contributed by atoms with Gasteiger partial charge >= 0.3 is 52.6 Å². The van der Waals surface area contributed by atoms with Gasteiger partial charge in [-0.2, -0.15) is 8.42 Å². The Hall–Kier alpha value is -0.471. The van der Waals surface area contributed by atoms with Crippen LogP contribution >= 0.6 is 0 Å². The number of nitrogens with one attached hydrogen (secondary N) is 1. The van der Waals surface area contributed by atoms with Crippen LogP contribution < -0.4 is 4.59 Å². The summed E-state index contributed by atoms with van der Waals surface area (Å²) in [4.78, 5) is 0. The molecule has 9 heteroatoms. The number of H-pyrrole nitrogens is 1. The van der Waals surface area contributed by atoms with Crippen molar-refractivity contribution in [2.45, 2.75) is 0 Å². The molecule has 3 N–H and O–H groups in total. The summed E-state index contributed by atoms with van der Waals surface area (Å²) in [6.45, 7) is 0. The molecule has 0 aliphatic rings. The van der Waals surface area contributed by atoms with Crippen molar-refractivity contribution in [3.8, 4) is 0 Å². The number of aromatic nitrogens is 3. The molecule has 1 rings (SSSR count). The third-order valence-electron chi connectivity index (χ3n) is 0.368. The quantitative estimate of drug-likeness (QED) is 0.362. The summed E-state index contributed by atoms with van der Waals surface area (Å²) in [5.74, 6) is 0. The second-order valence-corrected chi connectivity index (χ2v) is 2.58. The van der Waals surface area contributed by atoms with E-state index in [0.29, 0.717) is 4.59 Å². The molecule has 0 bridgehead atoms. The fourth-order valence-corrected chi connectivity index (χ4v) is 0.287. The summed E-state index contributed by atoms with van der Waals surface area (Å²) in [5, 5.41) is 9.21. The van der Waals surface area contributed by atoms with Crippen LogP contribution in [0.5, 0.6) is 0 Å². The van der Waals surface area contributed by atoms with Crippen molar-refractivity contribution in [1.82, 2.24) is 15.4 Å². The number of rotatable bonds is 0. The Labute approximate surface area is 70.6 Å². The molecule has 0 radical (unpaired) electrons. The molecule has 0 fully saturated rings. The summed E-state index contributed by atoms with van der Waals surface area (Å²) in [6, 6.07) is 0.